The van der Waals surface area contributed by atoms with Crippen molar-refractivity contribution in [1.82, 2.24) is 9.78 Å². The molecular formula is C18H12F3N3O2. The van der Waals surface area contributed by atoms with Gasteiger partial charge in [-0.3, -0.25) is 9.48 Å². The summed E-state index contributed by atoms with van der Waals surface area (Å²) in [5, 5.41) is 6.40. The average Bonchev–Trinajstić information content (AvgIpc) is 3.00. The third-order valence-corrected chi connectivity index (χ3v) is 4.13. The first kappa shape index (κ1) is 16.2. The molecule has 1 amide bonds. The van der Waals surface area contributed by atoms with E-state index in [9.17, 15) is 13.6 Å². The third kappa shape index (κ3) is 2.50. The number of aromatic nitrogens is 2. The van der Waals surface area contributed by atoms with Crippen LogP contribution in [0.4, 0.5) is 18.9 Å². The number of hydrogen-bond acceptors (Lipinski definition) is 3. The molecule has 0 fully saturated rings. The van der Waals surface area contributed by atoms with Gasteiger partial charge in [-0.25, -0.2) is 13.2 Å². The zero-order chi connectivity index (χ0) is 18.4. The maximum Gasteiger partial charge on any atom is 0.262 e. The van der Waals surface area contributed by atoms with E-state index in [0.29, 0.717) is 16.8 Å². The van der Waals surface area contributed by atoms with Crippen LogP contribution in [0, 0.1) is 17.5 Å². The van der Waals surface area contributed by atoms with Gasteiger partial charge in [0.05, 0.1) is 11.9 Å². The second-order valence-corrected chi connectivity index (χ2v) is 5.80. The van der Waals surface area contributed by atoms with Crippen molar-refractivity contribution in [3.05, 3.63) is 54.0 Å². The molecule has 8 heteroatoms. The van der Waals surface area contributed by atoms with Gasteiger partial charge in [0.1, 0.15) is 11.5 Å². The van der Waals surface area contributed by atoms with E-state index in [1.54, 1.807) is 7.05 Å². The van der Waals surface area contributed by atoms with Gasteiger partial charge in [0, 0.05) is 23.7 Å². The Morgan fingerprint density at radius 1 is 1.15 bits per heavy atom. The molecule has 26 heavy (non-hydrogen) atoms. The molecule has 0 saturated carbocycles. The van der Waals surface area contributed by atoms with Crippen molar-refractivity contribution in [3.63, 3.8) is 0 Å². The van der Waals surface area contributed by atoms with Crippen molar-refractivity contribution >= 4 is 11.6 Å². The normalized spacial score (nSPS) is 13.2. The van der Waals surface area contributed by atoms with Crippen LogP contribution in [-0.4, -0.2) is 22.3 Å². The fraction of sp³-hybridized carbons (Fsp3) is 0.111. The topological polar surface area (TPSA) is 56.2 Å². The van der Waals surface area contributed by atoms with E-state index in [0.717, 1.165) is 6.07 Å². The monoisotopic (exact) mass is 359 g/mol. The van der Waals surface area contributed by atoms with E-state index in [1.165, 1.54) is 35.1 Å². The molecule has 0 aliphatic carbocycles. The number of rotatable bonds is 2. The number of anilines is 1. The summed E-state index contributed by atoms with van der Waals surface area (Å²) in [7, 11) is 1.64. The van der Waals surface area contributed by atoms with Crippen molar-refractivity contribution < 1.29 is 22.7 Å². The second kappa shape index (κ2) is 5.91. The first-order chi connectivity index (χ1) is 12.5. The number of carbonyl (C=O) groups excluding carboxylic acids is 1. The minimum Gasteiger partial charge on any atom is -0.478 e. The van der Waals surface area contributed by atoms with Crippen LogP contribution in [0.2, 0.25) is 0 Å². The fourth-order valence-corrected chi connectivity index (χ4v) is 2.96. The summed E-state index contributed by atoms with van der Waals surface area (Å²) in [5.41, 5.74) is 0.938. The molecule has 1 aliphatic heterocycles. The number of fused-ring (bicyclic) bond motifs is 1. The number of aryl methyl sites for hydroxylation is 1. The van der Waals surface area contributed by atoms with E-state index >= 15 is 4.39 Å². The Balaban J connectivity index is 1.92. The van der Waals surface area contributed by atoms with Crippen LogP contribution in [0.1, 0.15) is 0 Å². The highest BCUT2D eigenvalue weighted by Crippen LogP contribution is 2.41. The van der Waals surface area contributed by atoms with Crippen molar-refractivity contribution in [2.75, 3.05) is 11.9 Å². The second-order valence-electron chi connectivity index (χ2n) is 5.80. The van der Waals surface area contributed by atoms with Crippen LogP contribution >= 0.6 is 0 Å². The van der Waals surface area contributed by atoms with E-state index in [1.807, 2.05) is 0 Å². The Labute approximate surface area is 146 Å². The molecule has 5 nitrogen and oxygen atoms in total. The summed E-state index contributed by atoms with van der Waals surface area (Å²) in [6, 6.07) is 6.57. The summed E-state index contributed by atoms with van der Waals surface area (Å²) >= 11 is 0. The minimum absolute atomic E-state index is 0.0838. The third-order valence-electron chi connectivity index (χ3n) is 4.13. The first-order valence-corrected chi connectivity index (χ1v) is 7.68. The van der Waals surface area contributed by atoms with Gasteiger partial charge in [0.25, 0.3) is 5.91 Å². The summed E-state index contributed by atoms with van der Waals surface area (Å²) in [6.07, 6.45) is 1.38. The Morgan fingerprint density at radius 2 is 1.88 bits per heavy atom. The molecule has 132 valence electrons. The smallest absolute Gasteiger partial charge is 0.262 e. The van der Waals surface area contributed by atoms with Gasteiger partial charge in [-0.05, 0) is 30.3 Å². The Bertz CT molecular complexity index is 1030. The van der Waals surface area contributed by atoms with Crippen LogP contribution in [0.25, 0.3) is 22.4 Å². The standard InChI is InChI=1S/C18H12F3N3O2/c1-24-17(9-2-4-10(19)5-3-9)12(7-22-24)11-6-13(20)18-16(15(11)21)23-14(25)8-26-18/h2-7H,8H2,1H3,(H,23,25). The number of benzene rings is 2. The molecule has 0 spiro atoms. The van der Waals surface area contributed by atoms with Gasteiger partial charge >= 0.3 is 0 Å². The lowest BCUT2D eigenvalue weighted by molar-refractivity contribution is -0.118. The molecule has 1 aromatic heterocycles. The summed E-state index contributed by atoms with van der Waals surface area (Å²) in [6.45, 7) is -0.379. The number of amides is 1. The summed E-state index contributed by atoms with van der Waals surface area (Å²) < 4.78 is 49.1. The summed E-state index contributed by atoms with van der Waals surface area (Å²) in [4.78, 5) is 11.5. The van der Waals surface area contributed by atoms with Gasteiger partial charge in [0.15, 0.2) is 24.0 Å². The molecule has 4 rings (SSSR count). The van der Waals surface area contributed by atoms with Gasteiger partial charge in [0.2, 0.25) is 0 Å². The number of hydrogen-bond donors (Lipinski definition) is 1. The van der Waals surface area contributed by atoms with E-state index in [-0.39, 0.29) is 23.6 Å². The first-order valence-electron chi connectivity index (χ1n) is 7.68. The van der Waals surface area contributed by atoms with Crippen LogP contribution in [0.15, 0.2) is 36.5 Å². The zero-order valence-electron chi connectivity index (χ0n) is 13.5. The SMILES string of the molecule is Cn1ncc(-c2cc(F)c3c(c2F)NC(=O)CO3)c1-c1ccc(F)cc1. The highest BCUT2D eigenvalue weighted by atomic mass is 19.1. The number of halogens is 3. The predicted octanol–water partition coefficient (Wildman–Crippen LogP) is 3.50. The molecule has 0 radical (unpaired) electrons. The predicted molar refractivity (Wildman–Crippen MR) is 88.1 cm³/mol. The average molecular weight is 359 g/mol. The minimum atomic E-state index is -0.828. The Morgan fingerprint density at radius 3 is 2.62 bits per heavy atom. The maximum absolute atomic E-state index is 15.0. The van der Waals surface area contributed by atoms with Gasteiger partial charge in [-0.15, -0.1) is 0 Å². The highest BCUT2D eigenvalue weighted by Gasteiger charge is 2.28. The molecule has 2 heterocycles. The number of nitrogens with one attached hydrogen (secondary N) is 1. The van der Waals surface area contributed by atoms with Crippen molar-refractivity contribution in [1.29, 1.82) is 0 Å². The van der Waals surface area contributed by atoms with Crippen LogP contribution in [-0.2, 0) is 11.8 Å². The van der Waals surface area contributed by atoms with Crippen molar-refractivity contribution in [2.45, 2.75) is 0 Å². The largest absolute Gasteiger partial charge is 0.478 e. The fourth-order valence-electron chi connectivity index (χ4n) is 2.96. The quantitative estimate of drug-likeness (QED) is 0.762. The lowest BCUT2D eigenvalue weighted by atomic mass is 9.99. The van der Waals surface area contributed by atoms with Crippen LogP contribution in [0.3, 0.4) is 0 Å². The van der Waals surface area contributed by atoms with Gasteiger partial charge in [-0.1, -0.05) is 0 Å². The highest BCUT2D eigenvalue weighted by molar-refractivity contribution is 5.97. The van der Waals surface area contributed by atoms with Crippen molar-refractivity contribution in [3.8, 4) is 28.1 Å². The number of ether oxygens (including phenoxy) is 1. The molecule has 1 N–H and O–H groups in total. The van der Waals surface area contributed by atoms with Crippen LogP contribution in [0.5, 0.6) is 5.75 Å². The molecule has 0 bridgehead atoms. The maximum atomic E-state index is 15.0. The summed E-state index contributed by atoms with van der Waals surface area (Å²) in [5.74, 6) is -2.95. The molecule has 1 aliphatic rings. The molecular weight excluding hydrogens is 347 g/mol. The van der Waals surface area contributed by atoms with E-state index < -0.39 is 23.4 Å². The lowest BCUT2D eigenvalue weighted by Gasteiger charge is -2.20. The number of carbonyl (C=O) groups is 1. The molecule has 0 atom stereocenters. The van der Waals surface area contributed by atoms with Gasteiger partial charge < -0.3 is 10.1 Å². The Kier molecular flexibility index (Phi) is 3.68. The van der Waals surface area contributed by atoms with E-state index in [4.69, 9.17) is 4.74 Å². The van der Waals surface area contributed by atoms with E-state index in [2.05, 4.69) is 10.4 Å². The number of nitrogens with zero attached hydrogens (tertiary/aromatic N) is 2. The molecule has 0 saturated heterocycles. The Hall–Kier alpha value is -3.29. The molecule has 3 aromatic rings. The van der Waals surface area contributed by atoms with Crippen LogP contribution < -0.4 is 10.1 Å². The zero-order valence-corrected chi connectivity index (χ0v) is 13.5. The lowest BCUT2D eigenvalue weighted by Crippen LogP contribution is -2.27. The molecule has 0 unspecified atom stereocenters. The van der Waals surface area contributed by atoms with Crippen molar-refractivity contribution in [2.24, 2.45) is 7.05 Å². The van der Waals surface area contributed by atoms with Gasteiger partial charge in [-0.2, -0.15) is 5.10 Å². The molecule has 2 aromatic carbocycles.